The summed E-state index contributed by atoms with van der Waals surface area (Å²) in [4.78, 5) is 43.7. The Morgan fingerprint density at radius 2 is 1.92 bits per heavy atom. The third kappa shape index (κ3) is 6.38. The SMILES string of the molecule is CC(C)(C)C(=O)OCOC(=O)c1cccc2c1OB(O)[C@@H](NC(=O)c1ccc(N3CCOCC3)nc1)C2. The standard InChI is InChI=1S/C25H30BN3O8/c1-25(2,3)24(32)36-15-35-23(31)18-6-4-5-16-13-19(26(33)37-21(16)18)28-22(30)17-7-8-20(27-14-17)29-9-11-34-12-10-29/h4-8,14,19,33H,9-13,15H2,1-3H3,(H,28,30)/t19-/m0/s1. The molecule has 1 atom stereocenters. The molecule has 0 spiro atoms. The number of hydrogen-bond donors (Lipinski definition) is 2. The quantitative estimate of drug-likeness (QED) is 0.333. The zero-order valence-electron chi connectivity index (χ0n) is 21.1. The molecule has 0 saturated carbocycles. The van der Waals surface area contributed by atoms with Gasteiger partial charge in [-0.2, -0.15) is 0 Å². The van der Waals surface area contributed by atoms with Gasteiger partial charge in [0.1, 0.15) is 17.1 Å². The zero-order chi connectivity index (χ0) is 26.6. The van der Waals surface area contributed by atoms with E-state index in [9.17, 15) is 19.4 Å². The lowest BCUT2D eigenvalue weighted by molar-refractivity contribution is -0.161. The van der Waals surface area contributed by atoms with Crippen molar-refractivity contribution in [3.05, 3.63) is 53.2 Å². The van der Waals surface area contributed by atoms with Crippen LogP contribution in [0.2, 0.25) is 0 Å². The fraction of sp³-hybridized carbons (Fsp3) is 0.440. The number of carbonyl (C=O) groups excluding carboxylic acids is 3. The number of nitrogens with one attached hydrogen (secondary N) is 1. The average molecular weight is 511 g/mol. The highest BCUT2D eigenvalue weighted by atomic mass is 16.7. The molecule has 0 unspecified atom stereocenters. The molecular weight excluding hydrogens is 481 g/mol. The molecule has 196 valence electrons. The normalized spacial score (nSPS) is 17.4. The highest BCUT2D eigenvalue weighted by Gasteiger charge is 2.38. The third-order valence-corrected chi connectivity index (χ3v) is 5.99. The summed E-state index contributed by atoms with van der Waals surface area (Å²) in [7, 11) is -1.40. The van der Waals surface area contributed by atoms with Crippen LogP contribution in [0.1, 0.15) is 47.1 Å². The number of pyridine rings is 1. The second-order valence-corrected chi connectivity index (χ2v) is 9.82. The molecule has 2 aliphatic heterocycles. The van der Waals surface area contributed by atoms with Crippen molar-refractivity contribution >= 4 is 30.8 Å². The lowest BCUT2D eigenvalue weighted by Gasteiger charge is -2.29. The molecule has 2 aromatic rings. The number of fused-ring (bicyclic) bond motifs is 1. The second kappa shape index (κ2) is 11.2. The molecule has 3 heterocycles. The first-order chi connectivity index (χ1) is 17.6. The second-order valence-electron chi connectivity index (χ2n) is 9.82. The van der Waals surface area contributed by atoms with E-state index in [2.05, 4.69) is 15.2 Å². The molecule has 0 bridgehead atoms. The van der Waals surface area contributed by atoms with Crippen LogP contribution in [0.15, 0.2) is 36.5 Å². The molecule has 12 heteroatoms. The number of para-hydroxylation sites is 1. The molecule has 11 nitrogen and oxygen atoms in total. The van der Waals surface area contributed by atoms with E-state index < -0.39 is 43.1 Å². The molecule has 4 rings (SSSR count). The molecule has 1 aromatic carbocycles. The van der Waals surface area contributed by atoms with E-state index in [1.807, 2.05) is 0 Å². The largest absolute Gasteiger partial charge is 0.547 e. The van der Waals surface area contributed by atoms with E-state index in [4.69, 9.17) is 18.9 Å². The van der Waals surface area contributed by atoms with E-state index in [1.165, 1.54) is 12.3 Å². The van der Waals surface area contributed by atoms with Gasteiger partial charge in [-0.25, -0.2) is 9.78 Å². The molecular formula is C25H30BN3O8. The molecule has 0 radical (unpaired) electrons. The number of anilines is 1. The molecule has 1 saturated heterocycles. The van der Waals surface area contributed by atoms with Gasteiger partial charge in [-0.05, 0) is 51.0 Å². The lowest BCUT2D eigenvalue weighted by atomic mass is 9.72. The van der Waals surface area contributed by atoms with Gasteiger partial charge in [0, 0.05) is 19.3 Å². The number of nitrogens with zero attached hydrogens (tertiary/aromatic N) is 2. The van der Waals surface area contributed by atoms with Crippen molar-refractivity contribution in [1.29, 1.82) is 0 Å². The molecule has 2 aliphatic rings. The first kappa shape index (κ1) is 26.4. The van der Waals surface area contributed by atoms with Gasteiger partial charge in [0.2, 0.25) is 6.79 Å². The number of esters is 2. The number of ether oxygens (including phenoxy) is 3. The van der Waals surface area contributed by atoms with Crippen LogP contribution in [0.25, 0.3) is 0 Å². The summed E-state index contributed by atoms with van der Waals surface area (Å²) >= 11 is 0. The van der Waals surface area contributed by atoms with Gasteiger partial charge in [-0.3, -0.25) is 9.59 Å². The Morgan fingerprint density at radius 1 is 1.16 bits per heavy atom. The minimum Gasteiger partial charge on any atom is -0.534 e. The molecule has 0 aliphatic carbocycles. The van der Waals surface area contributed by atoms with Gasteiger partial charge < -0.3 is 34.1 Å². The van der Waals surface area contributed by atoms with E-state index in [1.54, 1.807) is 45.0 Å². The van der Waals surface area contributed by atoms with Gasteiger partial charge in [0.05, 0.1) is 30.1 Å². The predicted molar refractivity (Wildman–Crippen MR) is 133 cm³/mol. The number of aromatic nitrogens is 1. The van der Waals surface area contributed by atoms with Crippen LogP contribution < -0.4 is 14.9 Å². The van der Waals surface area contributed by atoms with Crippen molar-refractivity contribution in [1.82, 2.24) is 10.3 Å². The molecule has 2 N–H and O–H groups in total. The highest BCUT2D eigenvalue weighted by Crippen LogP contribution is 2.31. The Morgan fingerprint density at radius 3 is 2.59 bits per heavy atom. The number of rotatable bonds is 6. The summed E-state index contributed by atoms with van der Waals surface area (Å²) in [6, 6.07) is 8.32. The van der Waals surface area contributed by atoms with Crippen LogP contribution in [0.4, 0.5) is 5.82 Å². The maximum atomic E-state index is 12.8. The summed E-state index contributed by atoms with van der Waals surface area (Å²) in [5.41, 5.74) is 0.303. The van der Waals surface area contributed by atoms with Crippen LogP contribution in [0.3, 0.4) is 0 Å². The van der Waals surface area contributed by atoms with Crippen LogP contribution in [-0.4, -0.2) is 74.0 Å². The van der Waals surface area contributed by atoms with Crippen molar-refractivity contribution in [2.24, 2.45) is 5.41 Å². The summed E-state index contributed by atoms with van der Waals surface area (Å²) < 4.78 is 21.0. The Bertz CT molecular complexity index is 1150. The molecule has 1 aromatic heterocycles. The van der Waals surface area contributed by atoms with Crippen molar-refractivity contribution in [2.45, 2.75) is 33.1 Å². The Labute approximate surface area is 215 Å². The Kier molecular flexibility index (Phi) is 7.99. The number of carbonyl (C=O) groups is 3. The van der Waals surface area contributed by atoms with E-state index in [-0.39, 0.29) is 17.7 Å². The summed E-state index contributed by atoms with van der Waals surface area (Å²) in [5.74, 6) is -1.51. The van der Waals surface area contributed by atoms with Crippen molar-refractivity contribution in [3.8, 4) is 5.75 Å². The van der Waals surface area contributed by atoms with E-state index >= 15 is 0 Å². The van der Waals surface area contributed by atoms with Crippen molar-refractivity contribution < 1.29 is 38.3 Å². The van der Waals surface area contributed by atoms with Gasteiger partial charge >= 0.3 is 19.1 Å². The first-order valence-electron chi connectivity index (χ1n) is 12.0. The maximum Gasteiger partial charge on any atom is 0.547 e. The number of benzene rings is 1. The minimum absolute atomic E-state index is 0.0797. The van der Waals surface area contributed by atoms with Gasteiger partial charge in [0.15, 0.2) is 0 Å². The van der Waals surface area contributed by atoms with Gasteiger partial charge in [0.25, 0.3) is 5.91 Å². The molecule has 1 amide bonds. The number of morpholine rings is 1. The van der Waals surface area contributed by atoms with Crippen LogP contribution >= 0.6 is 0 Å². The number of amides is 1. The van der Waals surface area contributed by atoms with Crippen molar-refractivity contribution in [2.75, 3.05) is 38.0 Å². The zero-order valence-corrected chi connectivity index (χ0v) is 21.1. The average Bonchev–Trinajstić information content (AvgIpc) is 2.88. The van der Waals surface area contributed by atoms with Crippen LogP contribution in [0, 0.1) is 5.41 Å². The highest BCUT2D eigenvalue weighted by molar-refractivity contribution is 6.47. The smallest absolute Gasteiger partial charge is 0.534 e. The Balaban J connectivity index is 1.37. The van der Waals surface area contributed by atoms with Gasteiger partial charge in [-0.1, -0.05) is 12.1 Å². The third-order valence-electron chi connectivity index (χ3n) is 5.99. The molecule has 1 fully saturated rings. The van der Waals surface area contributed by atoms with Crippen molar-refractivity contribution in [3.63, 3.8) is 0 Å². The van der Waals surface area contributed by atoms with Crippen LogP contribution in [0.5, 0.6) is 5.75 Å². The summed E-state index contributed by atoms with van der Waals surface area (Å²) in [5, 5.41) is 13.4. The van der Waals surface area contributed by atoms with E-state index in [0.717, 1.165) is 18.9 Å². The summed E-state index contributed by atoms with van der Waals surface area (Å²) in [6.07, 6.45) is 1.71. The number of hydrogen-bond acceptors (Lipinski definition) is 10. The van der Waals surface area contributed by atoms with E-state index in [0.29, 0.717) is 24.3 Å². The first-order valence-corrected chi connectivity index (χ1v) is 12.0. The topological polar surface area (TPSA) is 137 Å². The Hall–Kier alpha value is -3.64. The minimum atomic E-state index is -1.40. The molecule has 37 heavy (non-hydrogen) atoms. The fourth-order valence-corrected chi connectivity index (χ4v) is 3.89. The maximum absolute atomic E-state index is 12.8. The summed E-state index contributed by atoms with van der Waals surface area (Å²) in [6.45, 7) is 7.26. The monoisotopic (exact) mass is 511 g/mol. The van der Waals surface area contributed by atoms with Crippen LogP contribution in [-0.2, 0) is 25.4 Å². The predicted octanol–water partition coefficient (Wildman–Crippen LogP) is 1.37. The lowest BCUT2D eigenvalue weighted by Crippen LogP contribution is -2.53. The van der Waals surface area contributed by atoms with Gasteiger partial charge in [-0.15, -0.1) is 0 Å². The fourth-order valence-electron chi connectivity index (χ4n) is 3.89.